The highest BCUT2D eigenvalue weighted by atomic mass is 16.5. The van der Waals surface area contributed by atoms with Gasteiger partial charge in [-0.15, -0.1) is 0 Å². The van der Waals surface area contributed by atoms with Crippen LogP contribution in [0.2, 0.25) is 0 Å². The standard InChI is InChI=1S/C27H33N3O3/c1-17(27(2,3)4)28-26(31)21-15-25(29-22-10-8-7-9-20(21)22)30-12-11-18-13-23(32-5)24(33-6)14-19(18)16-30/h7-10,13-15,17H,11-12,16H2,1-6H3,(H,28,31). The fourth-order valence-corrected chi connectivity index (χ4v) is 4.08. The summed E-state index contributed by atoms with van der Waals surface area (Å²) in [5.74, 6) is 2.21. The average molecular weight is 448 g/mol. The maximum absolute atomic E-state index is 13.3. The van der Waals surface area contributed by atoms with Crippen molar-refractivity contribution in [3.05, 3.63) is 59.2 Å². The lowest BCUT2D eigenvalue weighted by molar-refractivity contribution is 0.0911. The minimum Gasteiger partial charge on any atom is -0.493 e. The fraction of sp³-hybridized carbons (Fsp3) is 0.407. The molecule has 3 aromatic rings. The highest BCUT2D eigenvalue weighted by Crippen LogP contribution is 2.35. The number of ether oxygens (including phenoxy) is 2. The number of fused-ring (bicyclic) bond motifs is 2. The SMILES string of the molecule is COc1cc2c(cc1OC)CN(c1cc(C(=O)NC(C)C(C)(C)C)c3ccccc3n1)CC2. The molecule has 0 radical (unpaired) electrons. The summed E-state index contributed by atoms with van der Waals surface area (Å²) in [6.45, 7) is 9.94. The minimum atomic E-state index is -0.0684. The molecule has 6 heteroatoms. The third-order valence-electron chi connectivity index (χ3n) is 6.64. The molecule has 1 aliphatic heterocycles. The van der Waals surface area contributed by atoms with Gasteiger partial charge in [-0.25, -0.2) is 4.98 Å². The Balaban J connectivity index is 1.70. The van der Waals surface area contributed by atoms with Crippen LogP contribution in [0.4, 0.5) is 5.82 Å². The zero-order valence-electron chi connectivity index (χ0n) is 20.4. The number of anilines is 1. The zero-order chi connectivity index (χ0) is 23.8. The first-order chi connectivity index (χ1) is 15.7. The van der Waals surface area contributed by atoms with E-state index in [-0.39, 0.29) is 17.4 Å². The van der Waals surface area contributed by atoms with Gasteiger partial charge < -0.3 is 19.7 Å². The number of rotatable bonds is 5. The Kier molecular flexibility index (Phi) is 6.19. The molecule has 2 aromatic carbocycles. The van der Waals surface area contributed by atoms with Gasteiger partial charge in [-0.2, -0.15) is 0 Å². The number of amides is 1. The van der Waals surface area contributed by atoms with Gasteiger partial charge in [-0.1, -0.05) is 39.0 Å². The molecule has 0 bridgehead atoms. The third kappa shape index (κ3) is 4.61. The van der Waals surface area contributed by atoms with E-state index >= 15 is 0 Å². The molecule has 1 aromatic heterocycles. The van der Waals surface area contributed by atoms with E-state index in [1.54, 1.807) is 14.2 Å². The molecule has 1 unspecified atom stereocenters. The van der Waals surface area contributed by atoms with E-state index in [4.69, 9.17) is 14.5 Å². The van der Waals surface area contributed by atoms with Crippen LogP contribution >= 0.6 is 0 Å². The van der Waals surface area contributed by atoms with Crippen LogP contribution < -0.4 is 19.7 Å². The molecular weight excluding hydrogens is 414 g/mol. The second-order valence-corrected chi connectivity index (χ2v) is 9.75. The van der Waals surface area contributed by atoms with Gasteiger partial charge in [-0.05, 0) is 54.2 Å². The first-order valence-corrected chi connectivity index (χ1v) is 11.4. The van der Waals surface area contributed by atoms with Crippen molar-refractivity contribution < 1.29 is 14.3 Å². The normalized spacial score (nSPS) is 14.5. The van der Waals surface area contributed by atoms with Crippen molar-refractivity contribution in [2.75, 3.05) is 25.7 Å². The maximum Gasteiger partial charge on any atom is 0.252 e. The number of para-hydroxylation sites is 1. The van der Waals surface area contributed by atoms with Crippen LogP contribution in [0.3, 0.4) is 0 Å². The fourth-order valence-electron chi connectivity index (χ4n) is 4.08. The number of nitrogens with zero attached hydrogens (tertiary/aromatic N) is 2. The summed E-state index contributed by atoms with van der Waals surface area (Å²) in [6, 6.07) is 13.9. The lowest BCUT2D eigenvalue weighted by Crippen LogP contribution is -2.41. The summed E-state index contributed by atoms with van der Waals surface area (Å²) in [5.41, 5.74) is 3.88. The Labute approximate surface area is 195 Å². The number of benzene rings is 2. The van der Waals surface area contributed by atoms with Crippen molar-refractivity contribution in [2.24, 2.45) is 5.41 Å². The van der Waals surface area contributed by atoms with Crippen LogP contribution in [-0.4, -0.2) is 37.7 Å². The van der Waals surface area contributed by atoms with Crippen LogP contribution in [0.15, 0.2) is 42.5 Å². The van der Waals surface area contributed by atoms with Crippen molar-refractivity contribution >= 4 is 22.6 Å². The Morgan fingerprint density at radius 2 is 1.73 bits per heavy atom. The van der Waals surface area contributed by atoms with Gasteiger partial charge in [0.05, 0.1) is 25.3 Å². The number of hydrogen-bond donors (Lipinski definition) is 1. The van der Waals surface area contributed by atoms with Crippen LogP contribution in [0.25, 0.3) is 10.9 Å². The summed E-state index contributed by atoms with van der Waals surface area (Å²) in [7, 11) is 3.31. The molecule has 1 atom stereocenters. The van der Waals surface area contributed by atoms with Crippen molar-refractivity contribution in [2.45, 2.75) is 46.7 Å². The Morgan fingerprint density at radius 1 is 1.06 bits per heavy atom. The first-order valence-electron chi connectivity index (χ1n) is 11.4. The van der Waals surface area contributed by atoms with E-state index in [2.05, 4.69) is 37.1 Å². The summed E-state index contributed by atoms with van der Waals surface area (Å²) in [5, 5.41) is 4.05. The topological polar surface area (TPSA) is 63.7 Å². The minimum absolute atomic E-state index is 0.0297. The molecule has 0 aliphatic carbocycles. The summed E-state index contributed by atoms with van der Waals surface area (Å²) < 4.78 is 11.0. The van der Waals surface area contributed by atoms with Gasteiger partial charge in [0.25, 0.3) is 5.91 Å². The zero-order valence-corrected chi connectivity index (χ0v) is 20.4. The summed E-state index contributed by atoms with van der Waals surface area (Å²) >= 11 is 0. The van der Waals surface area contributed by atoms with Crippen LogP contribution in [-0.2, 0) is 13.0 Å². The van der Waals surface area contributed by atoms with Gasteiger partial charge >= 0.3 is 0 Å². The molecule has 1 aliphatic rings. The molecule has 33 heavy (non-hydrogen) atoms. The lowest BCUT2D eigenvalue weighted by atomic mass is 9.88. The molecule has 0 spiro atoms. The Bertz CT molecular complexity index is 1180. The van der Waals surface area contributed by atoms with Crippen molar-refractivity contribution in [1.82, 2.24) is 10.3 Å². The number of pyridine rings is 1. The van der Waals surface area contributed by atoms with Crippen LogP contribution in [0, 0.1) is 5.41 Å². The Morgan fingerprint density at radius 3 is 2.39 bits per heavy atom. The summed E-state index contributed by atoms with van der Waals surface area (Å²) in [6.07, 6.45) is 0.868. The van der Waals surface area contributed by atoms with Gasteiger partial charge in [0, 0.05) is 24.5 Å². The van der Waals surface area contributed by atoms with Gasteiger partial charge in [0.1, 0.15) is 5.82 Å². The van der Waals surface area contributed by atoms with Gasteiger partial charge in [-0.3, -0.25) is 4.79 Å². The number of nitrogens with one attached hydrogen (secondary N) is 1. The second-order valence-electron chi connectivity index (χ2n) is 9.75. The van der Waals surface area contributed by atoms with E-state index in [0.29, 0.717) is 12.1 Å². The highest BCUT2D eigenvalue weighted by molar-refractivity contribution is 6.07. The highest BCUT2D eigenvalue weighted by Gasteiger charge is 2.25. The number of aromatic nitrogens is 1. The number of methoxy groups -OCH3 is 2. The monoisotopic (exact) mass is 447 g/mol. The predicted octanol–water partition coefficient (Wildman–Crippen LogP) is 4.98. The van der Waals surface area contributed by atoms with Crippen molar-refractivity contribution in [3.8, 4) is 11.5 Å². The van der Waals surface area contributed by atoms with Crippen LogP contribution in [0.5, 0.6) is 11.5 Å². The molecule has 1 amide bonds. The molecule has 1 N–H and O–H groups in total. The molecular formula is C27H33N3O3. The van der Waals surface area contributed by atoms with E-state index in [1.165, 1.54) is 11.1 Å². The number of carbonyl (C=O) groups excluding carboxylic acids is 1. The molecule has 2 heterocycles. The molecule has 6 nitrogen and oxygen atoms in total. The van der Waals surface area contributed by atoms with E-state index in [1.807, 2.05) is 43.3 Å². The second kappa shape index (κ2) is 8.93. The average Bonchev–Trinajstić information content (AvgIpc) is 2.81. The van der Waals surface area contributed by atoms with E-state index in [0.717, 1.165) is 41.2 Å². The third-order valence-corrected chi connectivity index (χ3v) is 6.64. The largest absolute Gasteiger partial charge is 0.493 e. The molecule has 174 valence electrons. The maximum atomic E-state index is 13.3. The smallest absolute Gasteiger partial charge is 0.252 e. The number of carbonyl (C=O) groups is 1. The van der Waals surface area contributed by atoms with Crippen molar-refractivity contribution in [1.29, 1.82) is 0 Å². The molecule has 0 saturated carbocycles. The summed E-state index contributed by atoms with van der Waals surface area (Å²) in [4.78, 5) is 20.5. The van der Waals surface area contributed by atoms with E-state index in [9.17, 15) is 4.79 Å². The predicted molar refractivity (Wildman–Crippen MR) is 132 cm³/mol. The van der Waals surface area contributed by atoms with E-state index < -0.39 is 0 Å². The molecule has 4 rings (SSSR count). The quantitative estimate of drug-likeness (QED) is 0.598. The van der Waals surface area contributed by atoms with Crippen LogP contribution in [0.1, 0.15) is 49.2 Å². The Hall–Kier alpha value is -3.28. The number of hydrogen-bond acceptors (Lipinski definition) is 5. The molecule has 0 saturated heterocycles. The molecule has 0 fully saturated rings. The van der Waals surface area contributed by atoms with Gasteiger partial charge in [0.2, 0.25) is 0 Å². The van der Waals surface area contributed by atoms with Gasteiger partial charge in [0.15, 0.2) is 11.5 Å². The first kappa shape index (κ1) is 22.9. The van der Waals surface area contributed by atoms with Crippen molar-refractivity contribution in [3.63, 3.8) is 0 Å². The lowest BCUT2D eigenvalue weighted by Gasteiger charge is -2.31.